The lowest BCUT2D eigenvalue weighted by atomic mass is 9.99. The van der Waals surface area contributed by atoms with Crippen LogP contribution in [0.15, 0.2) is 4.99 Å². The van der Waals surface area contributed by atoms with E-state index in [1.54, 1.807) is 13.8 Å². The highest BCUT2D eigenvalue weighted by Crippen LogP contribution is 2.08. The summed E-state index contributed by atoms with van der Waals surface area (Å²) in [5.41, 5.74) is 21.4. The summed E-state index contributed by atoms with van der Waals surface area (Å²) in [6.07, 6.45) is 0.587. The molecule has 188 valence electrons. The predicted molar refractivity (Wildman–Crippen MR) is 120 cm³/mol. The third-order valence-corrected chi connectivity index (χ3v) is 4.87. The van der Waals surface area contributed by atoms with Gasteiger partial charge in [0.15, 0.2) is 5.96 Å². The Morgan fingerprint density at radius 3 is 2.03 bits per heavy atom. The second-order valence-corrected chi connectivity index (χ2v) is 7.73. The van der Waals surface area contributed by atoms with Gasteiger partial charge in [0.2, 0.25) is 23.6 Å². The van der Waals surface area contributed by atoms with Crippen LogP contribution in [-0.2, 0) is 24.0 Å². The molecule has 0 heterocycles. The van der Waals surface area contributed by atoms with E-state index in [0.717, 1.165) is 0 Å². The number of nitrogens with one attached hydrogen (secondary N) is 3. The minimum Gasteiger partial charge on any atom is -0.480 e. The lowest BCUT2D eigenvalue weighted by Gasteiger charge is -2.24. The van der Waals surface area contributed by atoms with Gasteiger partial charge in [0.05, 0.1) is 12.5 Å². The lowest BCUT2D eigenvalue weighted by molar-refractivity contribution is -0.143. The molecule has 0 saturated carbocycles. The Labute approximate surface area is 192 Å². The molecule has 0 aromatic rings. The molecule has 4 amide bonds. The van der Waals surface area contributed by atoms with E-state index < -0.39 is 60.2 Å². The SMILES string of the molecule is CCC(C)C(NC(=O)C(C)NC(=O)C(CC(N)=O)NC(=O)C(N)CCCN=C(N)N)C(=O)O. The van der Waals surface area contributed by atoms with Crippen LogP contribution in [0.5, 0.6) is 0 Å². The normalized spacial score (nSPS) is 15.2. The molecule has 14 heteroatoms. The van der Waals surface area contributed by atoms with Crippen molar-refractivity contribution in [2.45, 2.75) is 70.6 Å². The zero-order valence-electron chi connectivity index (χ0n) is 19.2. The van der Waals surface area contributed by atoms with Gasteiger partial charge in [-0.15, -0.1) is 0 Å². The topological polar surface area (TPSA) is 258 Å². The summed E-state index contributed by atoms with van der Waals surface area (Å²) in [5, 5.41) is 16.3. The highest BCUT2D eigenvalue weighted by Gasteiger charge is 2.30. The quantitative estimate of drug-likeness (QED) is 0.0678. The van der Waals surface area contributed by atoms with E-state index in [2.05, 4.69) is 20.9 Å². The largest absolute Gasteiger partial charge is 0.480 e. The van der Waals surface area contributed by atoms with Gasteiger partial charge in [-0.1, -0.05) is 20.3 Å². The molecule has 33 heavy (non-hydrogen) atoms. The van der Waals surface area contributed by atoms with Crippen LogP contribution in [0.4, 0.5) is 0 Å². The van der Waals surface area contributed by atoms with Crippen molar-refractivity contribution < 1.29 is 29.1 Å². The molecule has 0 rings (SSSR count). The summed E-state index contributed by atoms with van der Waals surface area (Å²) < 4.78 is 0. The Morgan fingerprint density at radius 2 is 1.55 bits per heavy atom. The first-order valence-electron chi connectivity index (χ1n) is 10.5. The van der Waals surface area contributed by atoms with Crippen LogP contribution in [0.3, 0.4) is 0 Å². The van der Waals surface area contributed by atoms with E-state index in [-0.39, 0.29) is 24.8 Å². The first-order valence-corrected chi connectivity index (χ1v) is 10.5. The molecule has 0 aromatic heterocycles. The summed E-state index contributed by atoms with van der Waals surface area (Å²) in [4.78, 5) is 63.8. The maximum absolute atomic E-state index is 12.6. The third-order valence-electron chi connectivity index (χ3n) is 4.87. The summed E-state index contributed by atoms with van der Waals surface area (Å²) in [6.45, 7) is 5.04. The molecule has 0 bridgehead atoms. The zero-order valence-corrected chi connectivity index (χ0v) is 19.2. The molecule has 0 spiro atoms. The van der Waals surface area contributed by atoms with Gasteiger partial charge in [0.1, 0.15) is 18.1 Å². The van der Waals surface area contributed by atoms with E-state index in [1.807, 2.05) is 0 Å². The van der Waals surface area contributed by atoms with Gasteiger partial charge in [-0.25, -0.2) is 4.79 Å². The van der Waals surface area contributed by atoms with E-state index in [1.165, 1.54) is 6.92 Å². The predicted octanol–water partition coefficient (Wildman–Crippen LogP) is -3.15. The first kappa shape index (κ1) is 29.6. The van der Waals surface area contributed by atoms with E-state index in [9.17, 15) is 29.1 Å². The molecule has 0 aliphatic carbocycles. The molecule has 5 unspecified atom stereocenters. The Balaban J connectivity index is 5.05. The zero-order chi connectivity index (χ0) is 25.7. The van der Waals surface area contributed by atoms with Crippen LogP contribution < -0.4 is 38.9 Å². The van der Waals surface area contributed by atoms with E-state index in [0.29, 0.717) is 12.8 Å². The fourth-order valence-electron chi connectivity index (χ4n) is 2.68. The number of aliphatic carboxylic acids is 1. The Morgan fingerprint density at radius 1 is 0.939 bits per heavy atom. The van der Waals surface area contributed by atoms with Gasteiger partial charge >= 0.3 is 5.97 Å². The van der Waals surface area contributed by atoms with Gasteiger partial charge in [-0.2, -0.15) is 0 Å². The molecule has 0 saturated heterocycles. The summed E-state index contributed by atoms with van der Waals surface area (Å²) in [7, 11) is 0. The van der Waals surface area contributed by atoms with E-state index >= 15 is 0 Å². The number of guanidine groups is 1. The highest BCUT2D eigenvalue weighted by molar-refractivity contribution is 5.96. The molecule has 12 N–H and O–H groups in total. The average molecular weight is 473 g/mol. The second kappa shape index (κ2) is 14.6. The fourth-order valence-corrected chi connectivity index (χ4v) is 2.68. The number of nitrogens with two attached hydrogens (primary N) is 4. The number of primary amides is 1. The van der Waals surface area contributed by atoms with Crippen molar-refractivity contribution >= 4 is 35.6 Å². The number of carbonyl (C=O) groups excluding carboxylic acids is 4. The molecule has 0 aliphatic heterocycles. The van der Waals surface area contributed by atoms with Crippen molar-refractivity contribution in [3.8, 4) is 0 Å². The molecule has 0 fully saturated rings. The number of carbonyl (C=O) groups is 5. The van der Waals surface area contributed by atoms with Crippen LogP contribution in [0.2, 0.25) is 0 Å². The van der Waals surface area contributed by atoms with Crippen molar-refractivity contribution in [3.05, 3.63) is 0 Å². The second-order valence-electron chi connectivity index (χ2n) is 7.73. The number of hydrogen-bond acceptors (Lipinski definition) is 7. The van der Waals surface area contributed by atoms with Crippen molar-refractivity contribution in [1.82, 2.24) is 16.0 Å². The molecular formula is C19H36N8O6. The molecule has 5 atom stereocenters. The third kappa shape index (κ3) is 11.7. The van der Waals surface area contributed by atoms with Gasteiger partial charge in [-0.05, 0) is 25.7 Å². The number of hydrogen-bond donors (Lipinski definition) is 8. The van der Waals surface area contributed by atoms with Crippen molar-refractivity contribution in [2.75, 3.05) is 6.54 Å². The van der Waals surface area contributed by atoms with Crippen molar-refractivity contribution in [2.24, 2.45) is 33.8 Å². The van der Waals surface area contributed by atoms with Gasteiger partial charge < -0.3 is 44.0 Å². The van der Waals surface area contributed by atoms with Crippen LogP contribution in [-0.4, -0.2) is 71.4 Å². The van der Waals surface area contributed by atoms with Crippen molar-refractivity contribution in [1.29, 1.82) is 0 Å². The molecule has 0 radical (unpaired) electrons. The highest BCUT2D eigenvalue weighted by atomic mass is 16.4. The minimum absolute atomic E-state index is 0.0943. The first-order chi connectivity index (χ1) is 15.3. The van der Waals surface area contributed by atoms with Crippen LogP contribution in [0, 0.1) is 5.92 Å². The number of carboxylic acids is 1. The average Bonchev–Trinajstić information content (AvgIpc) is 2.72. The monoisotopic (exact) mass is 472 g/mol. The van der Waals surface area contributed by atoms with Crippen LogP contribution in [0.1, 0.15) is 46.5 Å². The fraction of sp³-hybridized carbons (Fsp3) is 0.684. The van der Waals surface area contributed by atoms with Crippen molar-refractivity contribution in [3.63, 3.8) is 0 Å². The smallest absolute Gasteiger partial charge is 0.326 e. The van der Waals surface area contributed by atoms with E-state index in [4.69, 9.17) is 22.9 Å². The van der Waals surface area contributed by atoms with Crippen LogP contribution in [0.25, 0.3) is 0 Å². The van der Waals surface area contributed by atoms with Crippen LogP contribution >= 0.6 is 0 Å². The number of rotatable bonds is 15. The molecule has 0 aliphatic rings. The van der Waals surface area contributed by atoms with Gasteiger partial charge in [0, 0.05) is 6.54 Å². The summed E-state index contributed by atoms with van der Waals surface area (Å²) >= 11 is 0. The Hall–Kier alpha value is -3.42. The minimum atomic E-state index is -1.38. The standard InChI is InChI=1S/C19H36N8O6/c1-4-9(2)14(18(32)33)27-15(29)10(3)25-17(31)12(8-13(21)28)26-16(30)11(20)6-5-7-24-19(22)23/h9-12,14H,4-8,20H2,1-3H3,(H2,21,28)(H,25,31)(H,26,30)(H,27,29)(H,32,33)(H4,22,23,24). The number of amides is 4. The van der Waals surface area contributed by atoms with Gasteiger partial charge in [0.25, 0.3) is 0 Å². The molecular weight excluding hydrogens is 436 g/mol. The molecule has 14 nitrogen and oxygen atoms in total. The summed E-state index contributed by atoms with van der Waals surface area (Å²) in [5.74, 6) is -4.81. The maximum atomic E-state index is 12.6. The maximum Gasteiger partial charge on any atom is 0.326 e. The molecule has 0 aromatic carbocycles. The summed E-state index contributed by atoms with van der Waals surface area (Å²) in [6, 6.07) is -4.67. The Kier molecular flexibility index (Phi) is 13.1. The number of nitrogens with zero attached hydrogens (tertiary/aromatic N) is 1. The number of carboxylic acid groups (broad SMARTS) is 1. The van der Waals surface area contributed by atoms with Gasteiger partial charge in [-0.3, -0.25) is 24.2 Å². The lowest BCUT2D eigenvalue weighted by Crippen LogP contribution is -2.57. The number of aliphatic imine (C=N–C) groups is 1. The Bertz CT molecular complexity index is 740.